The molecule has 8 nitrogen and oxygen atoms in total. The Hall–Kier alpha value is -0.723. The fourth-order valence-corrected chi connectivity index (χ4v) is 4.81. The van der Waals surface area contributed by atoms with Gasteiger partial charge in [-0.25, -0.2) is 9.18 Å². The highest BCUT2D eigenvalue weighted by molar-refractivity contribution is 8.14. The van der Waals surface area contributed by atoms with Gasteiger partial charge in [0.15, 0.2) is 13.5 Å². The predicted molar refractivity (Wildman–Crippen MR) is 103 cm³/mol. The summed E-state index contributed by atoms with van der Waals surface area (Å²) in [5.41, 5.74) is -0.659. The lowest BCUT2D eigenvalue weighted by Crippen LogP contribution is -2.57. The monoisotopic (exact) mass is 424 g/mol. The minimum atomic E-state index is -2.07. The van der Waals surface area contributed by atoms with Crippen molar-refractivity contribution in [3.63, 3.8) is 0 Å². The van der Waals surface area contributed by atoms with Crippen molar-refractivity contribution in [2.24, 2.45) is 4.99 Å². The largest absolute Gasteiger partial charge is 0.465 e. The van der Waals surface area contributed by atoms with Crippen LogP contribution in [0.3, 0.4) is 0 Å². The molecule has 1 saturated heterocycles. The highest BCUT2D eigenvalue weighted by atomic mass is 32.2. The van der Waals surface area contributed by atoms with Gasteiger partial charge < -0.3 is 24.5 Å². The number of aliphatic hydroxyl groups is 2. The SMILES string of the molecule is CC(C)(C)[Si](C)(C)OC[C@H]1O[C@@H]2SC(N(CCF)C(=O)O)=N[C@@H]2[C@@H](O)[C@@H]1O. The van der Waals surface area contributed by atoms with Crippen LogP contribution >= 0.6 is 11.8 Å². The average Bonchev–Trinajstić information content (AvgIpc) is 2.97. The number of carbonyl (C=O) groups is 1. The molecule has 2 rings (SSSR count). The Morgan fingerprint density at radius 1 is 1.37 bits per heavy atom. The molecule has 2 aliphatic heterocycles. The number of hydrogen-bond acceptors (Lipinski definition) is 7. The summed E-state index contributed by atoms with van der Waals surface area (Å²) in [7, 11) is -2.07. The van der Waals surface area contributed by atoms with Crippen LogP contribution in [0.4, 0.5) is 9.18 Å². The van der Waals surface area contributed by atoms with Gasteiger partial charge in [-0.2, -0.15) is 0 Å². The second kappa shape index (κ2) is 8.33. The third kappa shape index (κ3) is 4.82. The van der Waals surface area contributed by atoms with Gasteiger partial charge in [0.1, 0.15) is 36.5 Å². The van der Waals surface area contributed by atoms with Gasteiger partial charge in [0.2, 0.25) is 0 Å². The molecule has 0 aromatic carbocycles. The molecule has 2 aliphatic rings. The number of hydrogen-bond donors (Lipinski definition) is 3. The van der Waals surface area contributed by atoms with Gasteiger partial charge in [0, 0.05) is 0 Å². The summed E-state index contributed by atoms with van der Waals surface area (Å²) < 4.78 is 24.6. The van der Waals surface area contributed by atoms with Gasteiger partial charge in [0.25, 0.3) is 0 Å². The minimum absolute atomic E-state index is 0.0134. The van der Waals surface area contributed by atoms with E-state index >= 15 is 0 Å². The molecule has 156 valence electrons. The maximum Gasteiger partial charge on any atom is 0.413 e. The third-order valence-corrected chi connectivity index (χ3v) is 11.0. The number of aliphatic hydroxyl groups excluding tert-OH is 2. The lowest BCUT2D eigenvalue weighted by atomic mass is 9.99. The summed E-state index contributed by atoms with van der Waals surface area (Å²) in [5.74, 6) is 0. The van der Waals surface area contributed by atoms with Crippen molar-refractivity contribution in [3.8, 4) is 0 Å². The molecule has 0 radical (unpaired) electrons. The Morgan fingerprint density at radius 2 is 2.00 bits per heavy atom. The van der Waals surface area contributed by atoms with Crippen molar-refractivity contribution in [2.75, 3.05) is 19.8 Å². The number of amidine groups is 1. The molecule has 0 aromatic rings. The number of thioether (sulfide) groups is 1. The summed E-state index contributed by atoms with van der Waals surface area (Å²) >= 11 is 1.01. The van der Waals surface area contributed by atoms with Crippen molar-refractivity contribution in [3.05, 3.63) is 0 Å². The van der Waals surface area contributed by atoms with Crippen molar-refractivity contribution in [1.82, 2.24) is 4.90 Å². The number of carboxylic acid groups (broad SMARTS) is 1. The topological polar surface area (TPSA) is 112 Å². The Kier molecular flexibility index (Phi) is 6.97. The first-order chi connectivity index (χ1) is 12.4. The lowest BCUT2D eigenvalue weighted by molar-refractivity contribution is -0.162. The molecule has 2 heterocycles. The van der Waals surface area contributed by atoms with E-state index in [9.17, 15) is 24.5 Å². The number of rotatable bonds is 5. The molecule has 27 heavy (non-hydrogen) atoms. The van der Waals surface area contributed by atoms with Crippen LogP contribution < -0.4 is 0 Å². The van der Waals surface area contributed by atoms with E-state index < -0.39 is 50.9 Å². The smallest absolute Gasteiger partial charge is 0.413 e. The number of amides is 1. The van der Waals surface area contributed by atoms with Crippen molar-refractivity contribution in [1.29, 1.82) is 0 Å². The van der Waals surface area contributed by atoms with Crippen LogP contribution in [0.1, 0.15) is 20.8 Å². The van der Waals surface area contributed by atoms with Crippen molar-refractivity contribution < 1.29 is 33.7 Å². The van der Waals surface area contributed by atoms with E-state index in [1.807, 2.05) is 0 Å². The van der Waals surface area contributed by atoms with E-state index in [4.69, 9.17) is 9.16 Å². The summed E-state index contributed by atoms with van der Waals surface area (Å²) in [6.07, 6.45) is -4.51. The molecule has 0 bridgehead atoms. The van der Waals surface area contributed by atoms with E-state index in [-0.39, 0.29) is 23.4 Å². The van der Waals surface area contributed by atoms with Crippen LogP contribution in [0, 0.1) is 0 Å². The first kappa shape index (κ1) is 22.6. The maximum absolute atomic E-state index is 12.6. The Balaban J connectivity index is 2.07. The Morgan fingerprint density at radius 3 is 2.52 bits per heavy atom. The number of halogens is 1. The van der Waals surface area contributed by atoms with Crippen LogP contribution in [0.25, 0.3) is 0 Å². The van der Waals surface area contributed by atoms with Gasteiger partial charge in [-0.15, -0.1) is 0 Å². The normalized spacial score (nSPS) is 31.4. The summed E-state index contributed by atoms with van der Waals surface area (Å²) in [5, 5.41) is 30.1. The molecule has 5 atom stereocenters. The van der Waals surface area contributed by atoms with Crippen molar-refractivity contribution in [2.45, 2.75) is 68.7 Å². The van der Waals surface area contributed by atoms with E-state index in [1.54, 1.807) is 0 Å². The number of fused-ring (bicyclic) bond motifs is 1. The van der Waals surface area contributed by atoms with Crippen LogP contribution in [0.2, 0.25) is 18.1 Å². The van der Waals surface area contributed by atoms with E-state index in [0.29, 0.717) is 0 Å². The van der Waals surface area contributed by atoms with Gasteiger partial charge in [0.05, 0.1) is 13.2 Å². The summed E-state index contributed by atoms with van der Waals surface area (Å²) in [4.78, 5) is 16.2. The predicted octanol–water partition coefficient (Wildman–Crippen LogP) is 1.88. The van der Waals surface area contributed by atoms with Gasteiger partial charge in [-0.1, -0.05) is 32.5 Å². The highest BCUT2D eigenvalue weighted by Gasteiger charge is 2.50. The van der Waals surface area contributed by atoms with Crippen LogP contribution in [0.5, 0.6) is 0 Å². The molecule has 0 aromatic heterocycles. The molecule has 11 heteroatoms. The molecule has 1 fully saturated rings. The van der Waals surface area contributed by atoms with Crippen molar-refractivity contribution >= 4 is 31.3 Å². The Bertz CT molecular complexity index is 588. The highest BCUT2D eigenvalue weighted by Crippen LogP contribution is 2.40. The van der Waals surface area contributed by atoms with Crippen LogP contribution in [-0.2, 0) is 9.16 Å². The first-order valence-electron chi connectivity index (χ1n) is 8.85. The van der Waals surface area contributed by atoms with Gasteiger partial charge >= 0.3 is 6.09 Å². The lowest BCUT2D eigenvalue weighted by Gasteiger charge is -2.41. The average molecular weight is 425 g/mol. The molecule has 1 amide bonds. The van der Waals surface area contributed by atoms with E-state index in [0.717, 1.165) is 16.7 Å². The summed E-state index contributed by atoms with van der Waals surface area (Å²) in [6, 6.07) is -0.814. The molecular weight excluding hydrogens is 395 g/mol. The Labute approximate surface area is 163 Å². The standard InChI is InChI=1S/C16H29FN2O6SSi/c1-16(2,3)27(4,5)24-8-9-11(20)12(21)10-13(25-9)26-14(18-10)19(7-6-17)15(22)23/h9-13,20-21H,6-8H2,1-5H3,(H,22,23)/t9-,10-,11-,12-,13-/m1/s1. The van der Waals surface area contributed by atoms with Gasteiger partial charge in [-0.05, 0) is 18.1 Å². The molecule has 0 unspecified atom stereocenters. The minimum Gasteiger partial charge on any atom is -0.465 e. The first-order valence-corrected chi connectivity index (χ1v) is 12.6. The van der Waals surface area contributed by atoms with Crippen LogP contribution in [0.15, 0.2) is 4.99 Å². The number of ether oxygens (including phenoxy) is 1. The molecule has 0 aliphatic carbocycles. The number of aliphatic imine (C=N–C) groups is 1. The zero-order chi connectivity index (χ0) is 20.6. The quantitative estimate of drug-likeness (QED) is 0.578. The summed E-state index contributed by atoms with van der Waals surface area (Å²) in [6.45, 7) is 9.37. The molecular formula is C16H29FN2O6SSi. The number of nitrogens with zero attached hydrogens (tertiary/aromatic N) is 2. The number of alkyl halides is 1. The third-order valence-electron chi connectivity index (χ3n) is 5.33. The van der Waals surface area contributed by atoms with E-state index in [1.165, 1.54) is 0 Å². The van der Waals surface area contributed by atoms with Crippen LogP contribution in [-0.4, -0.2) is 89.4 Å². The second-order valence-corrected chi connectivity index (χ2v) is 14.1. The fourth-order valence-electron chi connectivity index (χ4n) is 2.55. The molecule has 3 N–H and O–H groups in total. The zero-order valence-corrected chi connectivity index (χ0v) is 18.1. The van der Waals surface area contributed by atoms with Gasteiger partial charge in [-0.3, -0.25) is 9.89 Å². The molecule has 0 saturated carbocycles. The van der Waals surface area contributed by atoms with E-state index in [2.05, 4.69) is 38.9 Å². The maximum atomic E-state index is 12.6. The zero-order valence-electron chi connectivity index (χ0n) is 16.3. The fraction of sp³-hybridized carbons (Fsp3) is 0.875. The molecule has 0 spiro atoms. The second-order valence-electron chi connectivity index (χ2n) is 8.24.